The Hall–Kier alpha value is -4.79. The van der Waals surface area contributed by atoms with Gasteiger partial charge in [-0.15, -0.1) is 0 Å². The number of hydrogen-bond donors (Lipinski definition) is 1. The molecule has 0 bridgehead atoms. The van der Waals surface area contributed by atoms with E-state index >= 15 is 0 Å². The van der Waals surface area contributed by atoms with Crippen LogP contribution in [0.3, 0.4) is 0 Å². The maximum absolute atomic E-state index is 14.2. The lowest BCUT2D eigenvalue weighted by Gasteiger charge is -2.32. The summed E-state index contributed by atoms with van der Waals surface area (Å²) in [5, 5.41) is 17.4. The lowest BCUT2D eigenvalue weighted by Crippen LogP contribution is -2.36. The van der Waals surface area contributed by atoms with Crippen molar-refractivity contribution < 1.29 is 45.2 Å². The summed E-state index contributed by atoms with van der Waals surface area (Å²) in [4.78, 5) is 4.65. The molecule has 0 unspecified atom stereocenters. The number of alkyl halides is 6. The van der Waals surface area contributed by atoms with Crippen LogP contribution in [0.25, 0.3) is 11.0 Å². The van der Waals surface area contributed by atoms with E-state index in [2.05, 4.69) is 32.2 Å². The molecule has 4 heterocycles. The van der Waals surface area contributed by atoms with E-state index in [-0.39, 0.29) is 28.7 Å². The maximum atomic E-state index is 14.2. The van der Waals surface area contributed by atoms with Gasteiger partial charge in [-0.1, -0.05) is 71.0 Å². The minimum Gasteiger partial charge on any atom is -0.411 e. The van der Waals surface area contributed by atoms with Crippen LogP contribution in [0.15, 0.2) is 107 Å². The van der Waals surface area contributed by atoms with Crippen molar-refractivity contribution in [3.05, 3.63) is 136 Å². The second-order valence-electron chi connectivity index (χ2n) is 14.8. The highest BCUT2D eigenvalue weighted by molar-refractivity contribution is 6.02. The third-order valence-corrected chi connectivity index (χ3v) is 10.8. The lowest BCUT2D eigenvalue weighted by atomic mass is 9.87. The fourth-order valence-electron chi connectivity index (χ4n) is 7.60. The summed E-state index contributed by atoms with van der Waals surface area (Å²) in [6, 6.07) is 26.3. The van der Waals surface area contributed by atoms with Crippen LogP contribution >= 0.6 is 0 Å². The Labute approximate surface area is 333 Å². The van der Waals surface area contributed by atoms with Gasteiger partial charge >= 0.3 is 12.4 Å². The number of hydrogen-bond acceptors (Lipinski definition) is 7. The molecule has 1 N–H and O–H groups in total. The zero-order chi connectivity index (χ0) is 41.1. The summed E-state index contributed by atoms with van der Waals surface area (Å²) in [6.45, 7) is 7.07. The number of halogens is 7. The molecular formula is C44H47F7N4O3. The van der Waals surface area contributed by atoms with Crippen LogP contribution in [-0.4, -0.2) is 65.3 Å². The second kappa shape index (κ2) is 19.8. The molecule has 4 aromatic carbocycles. The van der Waals surface area contributed by atoms with E-state index in [9.17, 15) is 35.9 Å². The molecule has 0 spiro atoms. The first-order chi connectivity index (χ1) is 27.9. The fourth-order valence-corrected chi connectivity index (χ4v) is 7.60. The van der Waals surface area contributed by atoms with Crippen LogP contribution in [0.1, 0.15) is 78.0 Å². The predicted molar refractivity (Wildman–Crippen MR) is 207 cm³/mol. The van der Waals surface area contributed by atoms with Crippen molar-refractivity contribution in [1.29, 1.82) is 0 Å². The summed E-state index contributed by atoms with van der Waals surface area (Å²) >= 11 is 0. The van der Waals surface area contributed by atoms with Crippen molar-refractivity contribution in [2.75, 3.05) is 39.4 Å². The van der Waals surface area contributed by atoms with Crippen LogP contribution in [0.5, 0.6) is 0 Å². The van der Waals surface area contributed by atoms with Gasteiger partial charge in [0, 0.05) is 49.1 Å². The standard InChI is InChI=1S/C20H20F4N2O.C20H19F3N2O.C4H8O/c21-18-12-16(20(22,23)24)6-7-17(18)19(25-27)15-8-10-26(11-9-15)13-14-4-2-1-3-5-14;21-20(22,23)16-6-7-17-18(12-16)26-24-19(17)15-8-10-25(11-9-15)13-14-4-2-1-3-5-14;1-2-4-5-3-1/h1-7,12,15,27H,8-11,13H2;1-7,12,15H,8-11,13H2;1-4H2/b25-19+;;. The SMILES string of the molecule is C1CCOC1.FC(F)(F)c1ccc2c(C3CCN(Cc4ccccc4)CC3)noc2c1.O/N=C(/c1ccc(C(F)(F)F)cc1F)C1CCN(Cc2ccccc2)CC1. The number of rotatable bonds is 7. The number of benzene rings is 4. The molecule has 8 rings (SSSR count). The number of nitrogens with zero attached hydrogens (tertiary/aromatic N) is 4. The molecule has 0 radical (unpaired) electrons. The fraction of sp³-hybridized carbons (Fsp3) is 0.409. The number of aromatic nitrogens is 1. The summed E-state index contributed by atoms with van der Waals surface area (Å²) in [5.41, 5.74) is 1.75. The zero-order valence-electron chi connectivity index (χ0n) is 32.0. The monoisotopic (exact) mass is 812 g/mol. The van der Waals surface area contributed by atoms with Crippen molar-refractivity contribution in [2.45, 2.75) is 69.9 Å². The molecule has 5 aromatic rings. The highest BCUT2D eigenvalue weighted by Crippen LogP contribution is 2.37. The molecular weight excluding hydrogens is 765 g/mol. The van der Waals surface area contributed by atoms with Gasteiger partial charge in [0.2, 0.25) is 0 Å². The van der Waals surface area contributed by atoms with E-state index in [0.29, 0.717) is 24.3 Å². The van der Waals surface area contributed by atoms with Crippen LogP contribution in [0.2, 0.25) is 0 Å². The zero-order valence-corrected chi connectivity index (χ0v) is 32.0. The quantitative estimate of drug-likeness (QED) is 0.0764. The van der Waals surface area contributed by atoms with Crippen molar-refractivity contribution >= 4 is 16.7 Å². The third-order valence-electron chi connectivity index (χ3n) is 10.8. The van der Waals surface area contributed by atoms with Crippen LogP contribution in [-0.2, 0) is 30.2 Å². The van der Waals surface area contributed by atoms with Crippen molar-refractivity contribution in [3.8, 4) is 0 Å². The van der Waals surface area contributed by atoms with Crippen molar-refractivity contribution in [1.82, 2.24) is 15.0 Å². The molecule has 1 aromatic heterocycles. The van der Waals surface area contributed by atoms with Crippen LogP contribution in [0, 0.1) is 11.7 Å². The Kier molecular flexibility index (Phi) is 14.6. The topological polar surface area (TPSA) is 74.3 Å². The van der Waals surface area contributed by atoms with Gasteiger partial charge in [0.15, 0.2) is 5.58 Å². The molecule has 7 nitrogen and oxygen atoms in total. The normalized spacial score (nSPS) is 17.7. The average molecular weight is 813 g/mol. The molecule has 3 aliphatic rings. The average Bonchev–Trinajstić information content (AvgIpc) is 3.95. The molecule has 0 saturated carbocycles. The molecule has 3 aliphatic heterocycles. The number of fused-ring (bicyclic) bond motifs is 1. The predicted octanol–water partition coefficient (Wildman–Crippen LogP) is 11.0. The Morgan fingerprint density at radius 1 is 0.690 bits per heavy atom. The Morgan fingerprint density at radius 3 is 1.69 bits per heavy atom. The minimum absolute atomic E-state index is 0.0768. The van der Waals surface area contributed by atoms with Gasteiger partial charge in [-0.3, -0.25) is 9.80 Å². The van der Waals surface area contributed by atoms with Gasteiger partial charge in [0.25, 0.3) is 0 Å². The Morgan fingerprint density at radius 2 is 1.21 bits per heavy atom. The maximum Gasteiger partial charge on any atom is 0.416 e. The summed E-state index contributed by atoms with van der Waals surface area (Å²) in [7, 11) is 0. The molecule has 310 valence electrons. The minimum atomic E-state index is -4.61. The molecule has 0 amide bonds. The van der Waals surface area contributed by atoms with E-state index < -0.39 is 29.3 Å². The number of oxime groups is 1. The van der Waals surface area contributed by atoms with E-state index in [0.717, 1.165) is 95.3 Å². The highest BCUT2D eigenvalue weighted by Gasteiger charge is 2.34. The van der Waals surface area contributed by atoms with Crippen LogP contribution < -0.4 is 0 Å². The first-order valence-corrected chi connectivity index (χ1v) is 19.5. The van der Waals surface area contributed by atoms with Crippen molar-refractivity contribution in [3.63, 3.8) is 0 Å². The number of ether oxygens (including phenoxy) is 1. The molecule has 0 aliphatic carbocycles. The Bertz CT molecular complexity index is 2050. The lowest BCUT2D eigenvalue weighted by molar-refractivity contribution is -0.138. The summed E-state index contributed by atoms with van der Waals surface area (Å²) < 4.78 is 101. The summed E-state index contributed by atoms with van der Waals surface area (Å²) in [6.07, 6.45) is -3.28. The second-order valence-corrected chi connectivity index (χ2v) is 14.8. The molecule has 3 fully saturated rings. The summed E-state index contributed by atoms with van der Waals surface area (Å²) in [5.74, 6) is -1.00. The van der Waals surface area contributed by atoms with Crippen molar-refractivity contribution in [2.24, 2.45) is 11.1 Å². The van der Waals surface area contributed by atoms with Gasteiger partial charge in [-0.05, 0) is 112 Å². The largest absolute Gasteiger partial charge is 0.416 e. The van der Waals surface area contributed by atoms with E-state index in [1.54, 1.807) is 0 Å². The van der Waals surface area contributed by atoms with E-state index in [1.807, 2.05) is 48.5 Å². The number of piperidine rings is 2. The van der Waals surface area contributed by atoms with Gasteiger partial charge in [0.1, 0.15) is 5.82 Å². The first kappa shape index (κ1) is 42.8. The number of likely N-dealkylation sites (tertiary alicyclic amines) is 2. The smallest absolute Gasteiger partial charge is 0.411 e. The van der Waals surface area contributed by atoms with Gasteiger partial charge < -0.3 is 14.5 Å². The third kappa shape index (κ3) is 11.7. The van der Waals surface area contributed by atoms with Gasteiger partial charge in [-0.25, -0.2) is 4.39 Å². The van der Waals surface area contributed by atoms with Gasteiger partial charge in [0.05, 0.1) is 22.5 Å². The van der Waals surface area contributed by atoms with E-state index in [4.69, 9.17) is 9.26 Å². The van der Waals surface area contributed by atoms with E-state index in [1.165, 1.54) is 30.0 Å². The van der Waals surface area contributed by atoms with Crippen LogP contribution in [0.4, 0.5) is 30.7 Å². The first-order valence-electron chi connectivity index (χ1n) is 19.5. The van der Waals surface area contributed by atoms with Gasteiger partial charge in [-0.2, -0.15) is 26.3 Å². The molecule has 58 heavy (non-hydrogen) atoms. The molecule has 3 saturated heterocycles. The highest BCUT2D eigenvalue weighted by atomic mass is 19.4. The Balaban J connectivity index is 0.000000174. The molecule has 0 atom stereocenters. The molecule has 14 heteroatoms.